The third-order valence-corrected chi connectivity index (χ3v) is 4.29. The normalized spacial score (nSPS) is 12.8. The Morgan fingerprint density at radius 3 is 2.65 bits per heavy atom. The zero-order valence-corrected chi connectivity index (χ0v) is 11.4. The van der Waals surface area contributed by atoms with Crippen molar-refractivity contribution in [3.05, 3.63) is 16.8 Å². The fourth-order valence-electron chi connectivity index (χ4n) is 1.76. The zero-order valence-electron chi connectivity index (χ0n) is 9.77. The van der Waals surface area contributed by atoms with Crippen LogP contribution in [-0.4, -0.2) is 17.8 Å². The molecule has 0 fully saturated rings. The Kier molecular flexibility index (Phi) is 2.99. The lowest BCUT2D eigenvalue weighted by Crippen LogP contribution is -2.04. The van der Waals surface area contributed by atoms with E-state index in [1.54, 1.807) is 19.2 Å². The highest BCUT2D eigenvalue weighted by Gasteiger charge is 2.28. The zero-order chi connectivity index (χ0) is 12.8. The van der Waals surface area contributed by atoms with Gasteiger partial charge in [-0.25, -0.2) is 4.98 Å². The molecule has 0 saturated carbocycles. The molecule has 0 bridgehead atoms. The van der Waals surface area contributed by atoms with E-state index in [0.717, 1.165) is 5.69 Å². The van der Waals surface area contributed by atoms with E-state index in [9.17, 15) is 12.3 Å². The number of aryl methyl sites for hydroxylation is 1. The first-order chi connectivity index (χ1) is 7.86. The van der Waals surface area contributed by atoms with Crippen LogP contribution < -0.4 is 0 Å². The lowest BCUT2D eigenvalue weighted by molar-refractivity contribution is 0.542. The van der Waals surface area contributed by atoms with E-state index in [0.29, 0.717) is 17.1 Å². The average molecular weight is 276 g/mol. The van der Waals surface area contributed by atoms with Crippen molar-refractivity contribution in [2.45, 2.75) is 38.1 Å². The van der Waals surface area contributed by atoms with Gasteiger partial charge in [-0.3, -0.25) is 4.40 Å². The van der Waals surface area contributed by atoms with E-state index >= 15 is 0 Å². The minimum Gasteiger partial charge on any atom is -0.275 e. The van der Waals surface area contributed by atoms with Crippen LogP contribution in [-0.2, 0) is 16.6 Å². The van der Waals surface area contributed by atoms with Crippen molar-refractivity contribution in [2.75, 3.05) is 0 Å². The van der Waals surface area contributed by atoms with Crippen molar-refractivity contribution in [2.24, 2.45) is 0 Å². The Hall–Kier alpha value is -0.950. The highest BCUT2D eigenvalue weighted by Crippen LogP contribution is 2.30. The summed E-state index contributed by atoms with van der Waals surface area (Å²) in [6, 6.07) is 0. The number of hydrogen-bond acceptors (Lipinski definition) is 4. The summed E-state index contributed by atoms with van der Waals surface area (Å²) in [6.07, 6.45) is 0.635. The van der Waals surface area contributed by atoms with Gasteiger partial charge in [-0.2, -0.15) is 8.42 Å². The second-order valence-electron chi connectivity index (χ2n) is 4.09. The van der Waals surface area contributed by atoms with Crippen molar-refractivity contribution >= 4 is 26.5 Å². The summed E-state index contributed by atoms with van der Waals surface area (Å²) in [7, 11) is -4.76. The van der Waals surface area contributed by atoms with Crippen molar-refractivity contribution in [1.82, 2.24) is 9.38 Å². The highest BCUT2D eigenvalue weighted by atomic mass is 32.3. The number of aromatic nitrogens is 2. The molecule has 0 aromatic carbocycles. The molecule has 17 heavy (non-hydrogen) atoms. The molecule has 2 rings (SSSR count). The topological polar surface area (TPSA) is 51.4 Å². The molecule has 0 aliphatic carbocycles. The maximum Gasteiger partial charge on any atom is 0.350 e. The molecule has 0 aliphatic rings. The van der Waals surface area contributed by atoms with Crippen LogP contribution in [0.3, 0.4) is 0 Å². The fourth-order valence-corrected chi connectivity index (χ4v) is 3.75. The van der Waals surface area contributed by atoms with Gasteiger partial charge >= 0.3 is 10.2 Å². The standard InChI is InChI=1S/C10H13FN2O2S2/c1-4-7-5-16-10-12-8(6(2)3)9(13(7)10)17(11,14)15/h5-6H,4H2,1-3H3. The van der Waals surface area contributed by atoms with Crippen molar-refractivity contribution < 1.29 is 12.3 Å². The summed E-state index contributed by atoms with van der Waals surface area (Å²) >= 11 is 1.33. The van der Waals surface area contributed by atoms with E-state index in [4.69, 9.17) is 0 Å². The van der Waals surface area contributed by atoms with Crippen molar-refractivity contribution in [1.29, 1.82) is 0 Å². The molecular weight excluding hydrogens is 263 g/mol. The number of hydrogen-bond donors (Lipinski definition) is 0. The minimum absolute atomic E-state index is 0.132. The van der Waals surface area contributed by atoms with Gasteiger partial charge in [0.05, 0.1) is 5.69 Å². The van der Waals surface area contributed by atoms with Gasteiger partial charge in [0.2, 0.25) is 0 Å². The smallest absolute Gasteiger partial charge is 0.275 e. The first-order valence-corrected chi connectivity index (χ1v) is 7.56. The molecule has 2 heterocycles. The molecule has 0 spiro atoms. The fraction of sp³-hybridized carbons (Fsp3) is 0.500. The molecule has 94 valence electrons. The van der Waals surface area contributed by atoms with Crippen LogP contribution in [0.15, 0.2) is 10.4 Å². The van der Waals surface area contributed by atoms with Gasteiger partial charge in [0.25, 0.3) is 0 Å². The molecule has 2 aromatic rings. The Bertz CT molecular complexity index is 655. The molecule has 7 heteroatoms. The quantitative estimate of drug-likeness (QED) is 0.810. The average Bonchev–Trinajstić information content (AvgIpc) is 2.71. The maximum atomic E-state index is 13.4. The van der Waals surface area contributed by atoms with Gasteiger partial charge in [-0.1, -0.05) is 24.7 Å². The van der Waals surface area contributed by atoms with Crippen LogP contribution in [0.25, 0.3) is 4.96 Å². The van der Waals surface area contributed by atoms with E-state index in [2.05, 4.69) is 4.98 Å². The molecule has 0 aliphatic heterocycles. The number of imidazole rings is 1. The van der Waals surface area contributed by atoms with Crippen LogP contribution in [0.2, 0.25) is 0 Å². The molecular formula is C10H13FN2O2S2. The molecule has 0 saturated heterocycles. The van der Waals surface area contributed by atoms with Crippen LogP contribution in [0.4, 0.5) is 3.89 Å². The predicted molar refractivity (Wildman–Crippen MR) is 64.8 cm³/mol. The van der Waals surface area contributed by atoms with E-state index in [1.807, 2.05) is 6.92 Å². The Morgan fingerprint density at radius 1 is 1.53 bits per heavy atom. The van der Waals surface area contributed by atoms with E-state index < -0.39 is 10.2 Å². The molecule has 0 radical (unpaired) electrons. The largest absolute Gasteiger partial charge is 0.350 e. The molecule has 4 nitrogen and oxygen atoms in total. The number of nitrogens with zero attached hydrogens (tertiary/aromatic N) is 2. The number of rotatable bonds is 3. The maximum absolute atomic E-state index is 13.4. The Balaban J connectivity index is 2.90. The third kappa shape index (κ3) is 1.97. The molecule has 0 unspecified atom stereocenters. The summed E-state index contributed by atoms with van der Waals surface area (Å²) in [5, 5.41) is 1.50. The van der Waals surface area contributed by atoms with Gasteiger partial charge < -0.3 is 0 Å². The molecule has 0 N–H and O–H groups in total. The predicted octanol–water partition coefficient (Wildman–Crippen LogP) is 2.74. The van der Waals surface area contributed by atoms with Crippen molar-refractivity contribution in [3.8, 4) is 0 Å². The lowest BCUT2D eigenvalue weighted by Gasteiger charge is -2.03. The first-order valence-electron chi connectivity index (χ1n) is 5.29. The first kappa shape index (κ1) is 12.5. The monoisotopic (exact) mass is 276 g/mol. The highest BCUT2D eigenvalue weighted by molar-refractivity contribution is 7.86. The number of fused-ring (bicyclic) bond motifs is 1. The number of halogens is 1. The van der Waals surface area contributed by atoms with E-state index in [1.165, 1.54) is 15.7 Å². The van der Waals surface area contributed by atoms with Crippen LogP contribution >= 0.6 is 11.3 Å². The second-order valence-corrected chi connectivity index (χ2v) is 6.19. The van der Waals surface area contributed by atoms with Gasteiger partial charge in [-0.15, -0.1) is 11.3 Å². The van der Waals surface area contributed by atoms with Crippen molar-refractivity contribution in [3.63, 3.8) is 0 Å². The van der Waals surface area contributed by atoms with E-state index in [-0.39, 0.29) is 10.9 Å². The van der Waals surface area contributed by atoms with Gasteiger partial charge in [-0.05, 0) is 12.3 Å². The lowest BCUT2D eigenvalue weighted by atomic mass is 10.1. The molecule has 0 amide bonds. The molecule has 0 atom stereocenters. The van der Waals surface area contributed by atoms with Gasteiger partial charge in [0.1, 0.15) is 0 Å². The summed E-state index contributed by atoms with van der Waals surface area (Å²) in [5.74, 6) is -0.132. The van der Waals surface area contributed by atoms with Crippen LogP contribution in [0.1, 0.15) is 38.1 Å². The third-order valence-electron chi connectivity index (χ3n) is 2.56. The van der Waals surface area contributed by atoms with Gasteiger partial charge in [0.15, 0.2) is 9.99 Å². The minimum atomic E-state index is -4.76. The SMILES string of the molecule is CCc1csc2nc(C(C)C)c(S(=O)(=O)F)n12. The number of thiazole rings is 1. The Morgan fingerprint density at radius 2 is 2.18 bits per heavy atom. The summed E-state index contributed by atoms with van der Waals surface area (Å²) < 4.78 is 37.4. The summed E-state index contributed by atoms with van der Waals surface area (Å²) in [6.45, 7) is 5.49. The van der Waals surface area contributed by atoms with Gasteiger partial charge in [0, 0.05) is 11.1 Å². The summed E-state index contributed by atoms with van der Waals surface area (Å²) in [5.41, 5.74) is 1.06. The second kappa shape index (κ2) is 4.06. The molecule has 2 aromatic heterocycles. The summed E-state index contributed by atoms with van der Waals surface area (Å²) in [4.78, 5) is 4.74. The van der Waals surface area contributed by atoms with Crippen LogP contribution in [0.5, 0.6) is 0 Å². The van der Waals surface area contributed by atoms with Crippen LogP contribution in [0, 0.1) is 0 Å². The Labute approximate surface area is 103 Å².